The Morgan fingerprint density at radius 1 is 0.533 bits per heavy atom. The summed E-state index contributed by atoms with van der Waals surface area (Å²) in [5.41, 5.74) is -3.50. The molecule has 0 radical (unpaired) electrons. The van der Waals surface area contributed by atoms with Gasteiger partial charge in [0.15, 0.2) is 0 Å². The molecule has 0 unspecified atom stereocenters. The third kappa shape index (κ3) is 8.88. The summed E-state index contributed by atoms with van der Waals surface area (Å²) >= 11 is 0. The second-order valence-corrected chi connectivity index (χ2v) is 10.8. The van der Waals surface area contributed by atoms with Crippen molar-refractivity contribution in [3.63, 3.8) is 0 Å². The molecule has 0 N–H and O–H groups in total. The van der Waals surface area contributed by atoms with Gasteiger partial charge in [-0.15, -0.1) is 0 Å². The van der Waals surface area contributed by atoms with E-state index in [1.807, 2.05) is 0 Å². The monoisotopic (exact) mass is 495 g/mol. The minimum atomic E-state index is -3.88. The molecular formula is C12H21N3O12S3. The lowest BCUT2D eigenvalue weighted by molar-refractivity contribution is 0.266. The second-order valence-electron chi connectivity index (χ2n) is 5.88. The van der Waals surface area contributed by atoms with Gasteiger partial charge in [0.25, 0.3) is 30.4 Å². The molecule has 1 rings (SSSR count). The maximum Gasteiger partial charge on any atom is 0.336 e. The van der Waals surface area contributed by atoms with Gasteiger partial charge in [0.1, 0.15) is 0 Å². The fourth-order valence-electron chi connectivity index (χ4n) is 2.10. The first-order valence-electron chi connectivity index (χ1n) is 7.99. The van der Waals surface area contributed by atoms with Gasteiger partial charge in [0.05, 0.1) is 58.2 Å². The van der Waals surface area contributed by atoms with E-state index in [9.17, 15) is 39.6 Å². The summed E-state index contributed by atoms with van der Waals surface area (Å²) in [5, 5.41) is 0. The Kier molecular flexibility index (Phi) is 8.69. The third-order valence-corrected chi connectivity index (χ3v) is 5.01. The molecule has 0 saturated heterocycles. The van der Waals surface area contributed by atoms with Gasteiger partial charge < -0.3 is 0 Å². The van der Waals surface area contributed by atoms with E-state index in [4.69, 9.17) is 0 Å². The third-order valence-electron chi connectivity index (χ3n) is 3.22. The summed E-state index contributed by atoms with van der Waals surface area (Å²) in [5.74, 6) is 0. The predicted molar refractivity (Wildman–Crippen MR) is 102 cm³/mol. The van der Waals surface area contributed by atoms with Crippen LogP contribution in [0, 0.1) is 0 Å². The van der Waals surface area contributed by atoms with Gasteiger partial charge in [-0.1, -0.05) is 0 Å². The van der Waals surface area contributed by atoms with Crippen LogP contribution in [0.1, 0.15) is 0 Å². The lowest BCUT2D eigenvalue weighted by Crippen LogP contribution is -2.55. The van der Waals surface area contributed by atoms with Crippen molar-refractivity contribution < 1.29 is 37.8 Å². The molecule has 1 heterocycles. The smallest absolute Gasteiger partial charge is 0.268 e. The van der Waals surface area contributed by atoms with E-state index in [-0.39, 0.29) is 0 Å². The number of nitrogens with zero attached hydrogens (tertiary/aromatic N) is 3. The molecule has 1 aromatic rings. The highest BCUT2D eigenvalue weighted by atomic mass is 32.2. The van der Waals surface area contributed by atoms with Crippen LogP contribution in [0.15, 0.2) is 14.4 Å². The lowest BCUT2D eigenvalue weighted by atomic mass is 10.6. The molecule has 0 aliphatic heterocycles. The van der Waals surface area contributed by atoms with Gasteiger partial charge in [-0.3, -0.25) is 12.5 Å². The Morgan fingerprint density at radius 2 is 0.733 bits per heavy atom. The van der Waals surface area contributed by atoms with Crippen molar-refractivity contribution in [1.82, 2.24) is 13.7 Å². The Balaban J connectivity index is 3.34. The molecule has 0 atom stereocenters. The molecule has 0 aliphatic rings. The van der Waals surface area contributed by atoms with Crippen molar-refractivity contribution >= 4 is 30.4 Å². The van der Waals surface area contributed by atoms with Crippen molar-refractivity contribution in [3.8, 4) is 0 Å². The lowest BCUT2D eigenvalue weighted by Gasteiger charge is -2.13. The second kappa shape index (κ2) is 9.96. The average molecular weight is 496 g/mol. The van der Waals surface area contributed by atoms with Crippen LogP contribution < -0.4 is 17.1 Å². The molecule has 30 heavy (non-hydrogen) atoms. The first-order valence-corrected chi connectivity index (χ1v) is 13.4. The van der Waals surface area contributed by atoms with Crippen molar-refractivity contribution in [3.05, 3.63) is 31.5 Å². The SMILES string of the molecule is CS(=O)(=O)OCCn1c(=O)n(CCOS(C)(=O)=O)c(=O)n(CCOS(C)(=O)=O)c1=O. The van der Waals surface area contributed by atoms with Crippen LogP contribution in [-0.4, -0.2) is 77.5 Å². The van der Waals surface area contributed by atoms with Crippen LogP contribution in [0.25, 0.3) is 0 Å². The summed E-state index contributed by atoms with van der Waals surface area (Å²) in [4.78, 5) is 37.4. The molecule has 0 saturated carbocycles. The molecule has 0 fully saturated rings. The van der Waals surface area contributed by atoms with Gasteiger partial charge in [-0.05, 0) is 0 Å². The molecule has 18 heteroatoms. The van der Waals surface area contributed by atoms with E-state index >= 15 is 0 Å². The van der Waals surface area contributed by atoms with E-state index in [2.05, 4.69) is 12.5 Å². The van der Waals surface area contributed by atoms with Crippen LogP contribution in [0.2, 0.25) is 0 Å². The van der Waals surface area contributed by atoms with E-state index in [0.717, 1.165) is 18.8 Å². The Morgan fingerprint density at radius 3 is 0.900 bits per heavy atom. The van der Waals surface area contributed by atoms with Gasteiger partial charge in [-0.25, -0.2) is 28.1 Å². The molecule has 174 valence electrons. The molecule has 0 bridgehead atoms. The quantitative estimate of drug-likeness (QED) is 0.256. The molecule has 0 aliphatic carbocycles. The highest BCUT2D eigenvalue weighted by Gasteiger charge is 2.17. The molecule has 0 spiro atoms. The van der Waals surface area contributed by atoms with Gasteiger partial charge in [-0.2, -0.15) is 25.3 Å². The summed E-state index contributed by atoms with van der Waals surface area (Å²) in [6.07, 6.45) is 2.25. The molecule has 15 nitrogen and oxygen atoms in total. The van der Waals surface area contributed by atoms with Crippen molar-refractivity contribution in [1.29, 1.82) is 0 Å². The van der Waals surface area contributed by atoms with Crippen molar-refractivity contribution in [2.45, 2.75) is 19.6 Å². The van der Waals surface area contributed by atoms with E-state index in [0.29, 0.717) is 13.7 Å². The topological polar surface area (TPSA) is 196 Å². The van der Waals surface area contributed by atoms with E-state index < -0.39 is 86.9 Å². The highest BCUT2D eigenvalue weighted by Crippen LogP contribution is 1.90. The van der Waals surface area contributed by atoms with Gasteiger partial charge in [0, 0.05) is 0 Å². The van der Waals surface area contributed by atoms with Crippen molar-refractivity contribution in [2.24, 2.45) is 0 Å². The summed E-state index contributed by atoms with van der Waals surface area (Å²) in [7, 11) is -11.6. The zero-order valence-corrected chi connectivity index (χ0v) is 18.7. The number of hydrogen-bond donors (Lipinski definition) is 0. The summed E-state index contributed by atoms with van der Waals surface area (Å²) in [6, 6.07) is 0. The average Bonchev–Trinajstić information content (AvgIpc) is 2.54. The number of aromatic nitrogens is 3. The number of rotatable bonds is 12. The van der Waals surface area contributed by atoms with Crippen LogP contribution in [-0.2, 0) is 62.5 Å². The van der Waals surface area contributed by atoms with Crippen LogP contribution in [0.4, 0.5) is 0 Å². The minimum absolute atomic E-state index is 0.480. The first-order chi connectivity index (χ1) is 13.5. The largest absolute Gasteiger partial charge is 0.336 e. The Labute approximate surface area is 171 Å². The Bertz CT molecular complexity index is 1060. The maximum absolute atomic E-state index is 12.5. The van der Waals surface area contributed by atoms with Gasteiger partial charge in [0.2, 0.25) is 0 Å². The Hall–Kier alpha value is -1.86. The minimum Gasteiger partial charge on any atom is -0.268 e. The molecule has 1 aromatic heterocycles. The molecule has 0 amide bonds. The van der Waals surface area contributed by atoms with Gasteiger partial charge >= 0.3 is 17.1 Å². The zero-order valence-electron chi connectivity index (χ0n) is 16.2. The van der Waals surface area contributed by atoms with E-state index in [1.54, 1.807) is 0 Å². The van der Waals surface area contributed by atoms with Crippen LogP contribution in [0.5, 0.6) is 0 Å². The fourth-order valence-corrected chi connectivity index (χ4v) is 3.23. The fraction of sp³-hybridized carbons (Fsp3) is 0.750. The van der Waals surface area contributed by atoms with Crippen LogP contribution in [0.3, 0.4) is 0 Å². The maximum atomic E-state index is 12.5. The van der Waals surface area contributed by atoms with Crippen LogP contribution >= 0.6 is 0 Å². The normalized spacial score (nSPS) is 12.9. The van der Waals surface area contributed by atoms with E-state index in [1.165, 1.54) is 0 Å². The standard InChI is InChI=1S/C12H21N3O12S3/c1-28(19,20)25-7-4-13-10(16)14(5-8-26-29(2,21)22)12(18)15(11(13)17)6-9-27-30(3,23)24/h4-9H2,1-3H3. The number of hydrogen-bond acceptors (Lipinski definition) is 12. The van der Waals surface area contributed by atoms with Crippen molar-refractivity contribution in [2.75, 3.05) is 38.6 Å². The molecular weight excluding hydrogens is 474 g/mol. The highest BCUT2D eigenvalue weighted by molar-refractivity contribution is 7.86. The molecule has 0 aromatic carbocycles. The first kappa shape index (κ1) is 26.2. The predicted octanol–water partition coefficient (Wildman–Crippen LogP) is -3.90. The summed E-state index contributed by atoms with van der Waals surface area (Å²) < 4.78 is 81.2. The zero-order chi connectivity index (χ0) is 23.3. The summed E-state index contributed by atoms with van der Waals surface area (Å²) in [6.45, 7) is -3.51.